The lowest BCUT2D eigenvalue weighted by atomic mass is 10.2. The molecule has 20 heavy (non-hydrogen) atoms. The van der Waals surface area contributed by atoms with Gasteiger partial charge in [0.2, 0.25) is 0 Å². The first kappa shape index (κ1) is 13.1. The maximum Gasteiger partial charge on any atom is 0.125 e. The van der Waals surface area contributed by atoms with Crippen LogP contribution in [0.15, 0.2) is 36.4 Å². The molecule has 0 N–H and O–H groups in total. The molecule has 2 heterocycles. The van der Waals surface area contributed by atoms with E-state index in [1.807, 2.05) is 31.2 Å². The number of hydrogen-bond donors (Lipinski definition) is 0. The fraction of sp³-hybridized carbons (Fsp3) is 0.250. The van der Waals surface area contributed by atoms with Crippen molar-refractivity contribution in [2.24, 2.45) is 0 Å². The maximum atomic E-state index is 6.04. The van der Waals surface area contributed by atoms with Gasteiger partial charge >= 0.3 is 0 Å². The maximum absolute atomic E-state index is 6.04. The molecule has 0 fully saturated rings. The average molecular weight is 286 g/mol. The first-order valence-electron chi connectivity index (χ1n) is 6.61. The molecule has 0 radical (unpaired) electrons. The number of halogens is 1. The highest BCUT2D eigenvalue weighted by atomic mass is 35.5. The van der Waals surface area contributed by atoms with Crippen LogP contribution in [0, 0.1) is 13.8 Å². The molecular formula is C16H16ClN3. The summed E-state index contributed by atoms with van der Waals surface area (Å²) in [5.74, 6) is 1.29. The van der Waals surface area contributed by atoms with E-state index in [4.69, 9.17) is 11.6 Å². The highest BCUT2D eigenvalue weighted by Gasteiger charge is 2.11. The molecule has 0 spiro atoms. The van der Waals surface area contributed by atoms with Gasteiger partial charge in [0, 0.05) is 5.69 Å². The molecule has 0 bridgehead atoms. The van der Waals surface area contributed by atoms with Crippen LogP contribution in [0.1, 0.15) is 22.8 Å². The van der Waals surface area contributed by atoms with E-state index in [1.165, 1.54) is 5.56 Å². The average Bonchev–Trinajstić information content (AvgIpc) is 2.76. The van der Waals surface area contributed by atoms with Crippen molar-refractivity contribution in [3.63, 3.8) is 0 Å². The number of nitrogens with zero attached hydrogens (tertiary/aromatic N) is 3. The Kier molecular flexibility index (Phi) is 3.45. The summed E-state index contributed by atoms with van der Waals surface area (Å²) in [6, 6.07) is 12.3. The number of benzene rings is 1. The molecule has 3 aromatic rings. The number of fused-ring (bicyclic) bond motifs is 1. The largest absolute Gasteiger partial charge is 0.321 e. The second-order valence-electron chi connectivity index (χ2n) is 5.01. The zero-order valence-electron chi connectivity index (χ0n) is 11.6. The van der Waals surface area contributed by atoms with Gasteiger partial charge in [-0.2, -0.15) is 0 Å². The molecule has 0 aliphatic rings. The number of rotatable bonds is 3. The molecular weight excluding hydrogens is 270 g/mol. The standard InChI is InChI=1S/C16H16ClN3/c1-11-6-7-14-15(8-11)20(16(9-17)19-14)10-13-5-3-4-12(2)18-13/h3-8H,9-10H2,1-2H3. The van der Waals surface area contributed by atoms with Gasteiger partial charge in [0.25, 0.3) is 0 Å². The second-order valence-corrected chi connectivity index (χ2v) is 5.28. The molecule has 102 valence electrons. The third-order valence-corrected chi connectivity index (χ3v) is 3.61. The fourth-order valence-corrected chi connectivity index (χ4v) is 2.61. The molecule has 0 aliphatic carbocycles. The van der Waals surface area contributed by atoms with Crippen LogP contribution in [0.2, 0.25) is 0 Å². The number of hydrogen-bond acceptors (Lipinski definition) is 2. The first-order valence-corrected chi connectivity index (χ1v) is 7.15. The molecule has 4 heteroatoms. The molecule has 3 nitrogen and oxygen atoms in total. The van der Waals surface area contributed by atoms with E-state index >= 15 is 0 Å². The van der Waals surface area contributed by atoms with Crippen molar-refractivity contribution < 1.29 is 0 Å². The van der Waals surface area contributed by atoms with Gasteiger partial charge in [0.15, 0.2) is 0 Å². The highest BCUT2D eigenvalue weighted by molar-refractivity contribution is 6.16. The van der Waals surface area contributed by atoms with Crippen molar-refractivity contribution in [3.05, 3.63) is 59.2 Å². The predicted molar refractivity (Wildman–Crippen MR) is 82.1 cm³/mol. The van der Waals surface area contributed by atoms with E-state index in [1.54, 1.807) is 0 Å². The van der Waals surface area contributed by atoms with Gasteiger partial charge in [-0.15, -0.1) is 11.6 Å². The molecule has 0 unspecified atom stereocenters. The topological polar surface area (TPSA) is 30.7 Å². The molecule has 0 saturated carbocycles. The molecule has 1 aromatic carbocycles. The van der Waals surface area contributed by atoms with E-state index in [0.29, 0.717) is 12.4 Å². The van der Waals surface area contributed by atoms with Crippen molar-refractivity contribution >= 4 is 22.6 Å². The van der Waals surface area contributed by atoms with Crippen LogP contribution in [-0.2, 0) is 12.4 Å². The minimum atomic E-state index is 0.402. The summed E-state index contributed by atoms with van der Waals surface area (Å²) in [7, 11) is 0. The van der Waals surface area contributed by atoms with Crippen LogP contribution >= 0.6 is 11.6 Å². The Hall–Kier alpha value is -1.87. The Morgan fingerprint density at radius 1 is 1.10 bits per heavy atom. The number of aromatic nitrogens is 3. The molecule has 0 aliphatic heterocycles. The summed E-state index contributed by atoms with van der Waals surface area (Å²) in [5, 5.41) is 0. The number of aryl methyl sites for hydroxylation is 2. The van der Waals surface area contributed by atoms with E-state index in [9.17, 15) is 0 Å². The molecule has 2 aromatic heterocycles. The number of alkyl halides is 1. The van der Waals surface area contributed by atoms with E-state index in [2.05, 4.69) is 33.6 Å². The lowest BCUT2D eigenvalue weighted by Gasteiger charge is -2.08. The van der Waals surface area contributed by atoms with Gasteiger partial charge in [0.1, 0.15) is 5.82 Å². The lowest BCUT2D eigenvalue weighted by molar-refractivity contribution is 0.755. The predicted octanol–water partition coefficient (Wildman–Crippen LogP) is 3.84. The molecule has 0 saturated heterocycles. The highest BCUT2D eigenvalue weighted by Crippen LogP contribution is 2.20. The lowest BCUT2D eigenvalue weighted by Crippen LogP contribution is -2.06. The van der Waals surface area contributed by atoms with Crippen LogP contribution in [0.5, 0.6) is 0 Å². The minimum Gasteiger partial charge on any atom is -0.321 e. The Balaban J connectivity index is 2.11. The summed E-state index contributed by atoms with van der Waals surface area (Å²) in [5.41, 5.74) is 5.37. The molecule has 3 rings (SSSR count). The second kappa shape index (κ2) is 5.25. The van der Waals surface area contributed by atoms with Gasteiger partial charge in [-0.1, -0.05) is 12.1 Å². The van der Waals surface area contributed by atoms with Crippen molar-refractivity contribution in [3.8, 4) is 0 Å². The van der Waals surface area contributed by atoms with Gasteiger partial charge in [-0.25, -0.2) is 4.98 Å². The van der Waals surface area contributed by atoms with E-state index < -0.39 is 0 Å². The van der Waals surface area contributed by atoms with Crippen LogP contribution in [0.25, 0.3) is 11.0 Å². The zero-order chi connectivity index (χ0) is 14.1. The fourth-order valence-electron chi connectivity index (χ4n) is 2.41. The number of pyridine rings is 1. The molecule has 0 amide bonds. The van der Waals surface area contributed by atoms with Gasteiger partial charge in [-0.3, -0.25) is 4.98 Å². The third kappa shape index (κ3) is 2.41. The van der Waals surface area contributed by atoms with Gasteiger partial charge in [0.05, 0.1) is 29.2 Å². The quantitative estimate of drug-likeness (QED) is 0.685. The van der Waals surface area contributed by atoms with Crippen LogP contribution in [0.3, 0.4) is 0 Å². The summed E-state index contributed by atoms with van der Waals surface area (Å²) >= 11 is 6.04. The minimum absolute atomic E-state index is 0.402. The summed E-state index contributed by atoms with van der Waals surface area (Å²) in [6.07, 6.45) is 0. The first-order chi connectivity index (χ1) is 9.67. The monoisotopic (exact) mass is 285 g/mol. The third-order valence-electron chi connectivity index (χ3n) is 3.37. The zero-order valence-corrected chi connectivity index (χ0v) is 12.4. The van der Waals surface area contributed by atoms with Crippen molar-refractivity contribution in [1.82, 2.24) is 14.5 Å². The Morgan fingerprint density at radius 3 is 2.70 bits per heavy atom. The normalized spacial score (nSPS) is 11.2. The van der Waals surface area contributed by atoms with Crippen LogP contribution in [-0.4, -0.2) is 14.5 Å². The molecule has 0 atom stereocenters. The Morgan fingerprint density at radius 2 is 1.95 bits per heavy atom. The van der Waals surface area contributed by atoms with Crippen LogP contribution in [0.4, 0.5) is 0 Å². The smallest absolute Gasteiger partial charge is 0.125 e. The van der Waals surface area contributed by atoms with Gasteiger partial charge < -0.3 is 4.57 Å². The number of imidazole rings is 1. The summed E-state index contributed by atoms with van der Waals surface area (Å²) in [4.78, 5) is 9.16. The van der Waals surface area contributed by atoms with Gasteiger partial charge in [-0.05, 0) is 43.7 Å². The summed E-state index contributed by atoms with van der Waals surface area (Å²) in [6.45, 7) is 4.79. The Bertz CT molecular complexity index is 762. The van der Waals surface area contributed by atoms with Crippen molar-refractivity contribution in [2.75, 3.05) is 0 Å². The summed E-state index contributed by atoms with van der Waals surface area (Å²) < 4.78 is 2.15. The SMILES string of the molecule is Cc1ccc2nc(CCl)n(Cc3cccc(C)n3)c2c1. The van der Waals surface area contributed by atoms with E-state index in [0.717, 1.165) is 28.2 Å². The van der Waals surface area contributed by atoms with Crippen molar-refractivity contribution in [1.29, 1.82) is 0 Å². The Labute approximate surface area is 123 Å². The van der Waals surface area contributed by atoms with Crippen molar-refractivity contribution in [2.45, 2.75) is 26.3 Å². The van der Waals surface area contributed by atoms with E-state index in [-0.39, 0.29) is 0 Å². The van der Waals surface area contributed by atoms with Crippen LogP contribution < -0.4 is 0 Å².